The summed E-state index contributed by atoms with van der Waals surface area (Å²) >= 11 is 0. The second-order valence-corrected chi connectivity index (χ2v) is 2.68. The molecule has 0 saturated heterocycles. The second-order valence-electron chi connectivity index (χ2n) is 2.68. The molecule has 0 N–H and O–H groups in total. The number of hydrogen-bond acceptors (Lipinski definition) is 6. The molecule has 0 saturated carbocycles. The molecule has 0 bridgehead atoms. The van der Waals surface area contributed by atoms with Crippen LogP contribution in [0.25, 0.3) is 0 Å². The van der Waals surface area contributed by atoms with Crippen molar-refractivity contribution in [2.24, 2.45) is 0 Å². The minimum atomic E-state index is 0.274. The molecule has 0 aromatic carbocycles. The Hall–Kier alpha value is -1.61. The van der Waals surface area contributed by atoms with E-state index in [2.05, 4.69) is 9.47 Å². The van der Waals surface area contributed by atoms with Gasteiger partial charge in [-0.3, -0.25) is 14.5 Å². The smallest absolute Gasteiger partial charge is 0.293 e. The highest BCUT2D eigenvalue weighted by Gasteiger charge is 2.04. The predicted molar refractivity (Wildman–Crippen MR) is 50.7 cm³/mol. The quantitative estimate of drug-likeness (QED) is 0.362. The number of ether oxygens (including phenoxy) is 2. The van der Waals surface area contributed by atoms with Gasteiger partial charge in [0.25, 0.3) is 12.9 Å². The molecule has 0 amide bonds. The topological polar surface area (TPSA) is 79.6 Å². The van der Waals surface area contributed by atoms with Crippen molar-refractivity contribution in [2.45, 2.75) is 6.42 Å². The van der Waals surface area contributed by atoms with Gasteiger partial charge in [0, 0.05) is 26.1 Å². The molecule has 0 spiro atoms. The molecule has 0 aliphatic heterocycles. The van der Waals surface area contributed by atoms with Gasteiger partial charge >= 0.3 is 0 Å². The van der Waals surface area contributed by atoms with Gasteiger partial charge in [-0.1, -0.05) is 0 Å². The molecule has 0 unspecified atom stereocenters. The summed E-state index contributed by atoms with van der Waals surface area (Å²) in [4.78, 5) is 21.7. The van der Waals surface area contributed by atoms with Crippen molar-refractivity contribution in [3.63, 3.8) is 0 Å². The summed E-state index contributed by atoms with van der Waals surface area (Å²) in [5.41, 5.74) is 0. The van der Waals surface area contributed by atoms with Gasteiger partial charge in [0.15, 0.2) is 0 Å². The lowest BCUT2D eigenvalue weighted by atomic mass is 10.4. The maximum Gasteiger partial charge on any atom is 0.293 e. The molecule has 0 heterocycles. The third-order valence-electron chi connectivity index (χ3n) is 1.73. The van der Waals surface area contributed by atoms with Crippen molar-refractivity contribution in [1.29, 1.82) is 5.26 Å². The summed E-state index contributed by atoms with van der Waals surface area (Å²) in [6, 6.07) is 2.02. The monoisotopic (exact) mass is 214 g/mol. The van der Waals surface area contributed by atoms with Crippen LogP contribution in [0.5, 0.6) is 0 Å². The van der Waals surface area contributed by atoms with Crippen molar-refractivity contribution in [1.82, 2.24) is 4.90 Å². The second kappa shape index (κ2) is 10.5. The number of hydrogen-bond donors (Lipinski definition) is 0. The van der Waals surface area contributed by atoms with Gasteiger partial charge in [-0.05, 0) is 0 Å². The third-order valence-corrected chi connectivity index (χ3v) is 1.73. The molecule has 0 fully saturated rings. The first-order chi connectivity index (χ1) is 7.35. The van der Waals surface area contributed by atoms with E-state index in [9.17, 15) is 9.59 Å². The lowest BCUT2D eigenvalue weighted by Crippen LogP contribution is -2.31. The van der Waals surface area contributed by atoms with Gasteiger partial charge < -0.3 is 9.47 Å². The van der Waals surface area contributed by atoms with Crippen LogP contribution < -0.4 is 0 Å². The van der Waals surface area contributed by atoms with Gasteiger partial charge in [-0.25, -0.2) is 0 Å². The average Bonchev–Trinajstić information content (AvgIpc) is 2.25. The standard InChI is InChI=1S/C9H14N2O4/c10-2-1-3-11(4-6-14-8-12)5-7-15-9-13/h8-9H,1,3-7H2. The highest BCUT2D eigenvalue weighted by Crippen LogP contribution is 1.91. The lowest BCUT2D eigenvalue weighted by Gasteiger charge is -2.19. The highest BCUT2D eigenvalue weighted by atomic mass is 16.5. The largest absolute Gasteiger partial charge is 0.467 e. The van der Waals surface area contributed by atoms with Crippen molar-refractivity contribution in [2.75, 3.05) is 32.8 Å². The summed E-state index contributed by atoms with van der Waals surface area (Å²) in [6.45, 7) is 2.94. The van der Waals surface area contributed by atoms with Crippen LogP contribution in [0.15, 0.2) is 0 Å². The summed E-state index contributed by atoms with van der Waals surface area (Å²) in [7, 11) is 0. The zero-order chi connectivity index (χ0) is 11.4. The van der Waals surface area contributed by atoms with Crippen LogP contribution in [0.4, 0.5) is 0 Å². The van der Waals surface area contributed by atoms with Crippen LogP contribution in [0.1, 0.15) is 6.42 Å². The maximum absolute atomic E-state index is 9.90. The molecule has 0 atom stereocenters. The highest BCUT2D eigenvalue weighted by molar-refractivity contribution is 5.37. The Kier molecular flexibility index (Phi) is 9.35. The molecule has 0 rings (SSSR count). The van der Waals surface area contributed by atoms with E-state index in [-0.39, 0.29) is 13.2 Å². The number of carbonyl (C=O) groups excluding carboxylic acids is 2. The fourth-order valence-corrected chi connectivity index (χ4v) is 1.00. The van der Waals surface area contributed by atoms with E-state index >= 15 is 0 Å². The van der Waals surface area contributed by atoms with Crippen molar-refractivity contribution in [3.05, 3.63) is 0 Å². The Bertz CT molecular complexity index is 201. The Labute approximate surface area is 88.4 Å². The van der Waals surface area contributed by atoms with Crippen LogP contribution in [0, 0.1) is 11.3 Å². The SMILES string of the molecule is N#CCCN(CCOC=O)CCOC=O. The molecule has 0 radical (unpaired) electrons. The van der Waals surface area contributed by atoms with E-state index in [4.69, 9.17) is 5.26 Å². The van der Waals surface area contributed by atoms with E-state index < -0.39 is 0 Å². The summed E-state index contributed by atoms with van der Waals surface area (Å²) in [5.74, 6) is 0. The zero-order valence-corrected chi connectivity index (χ0v) is 8.42. The molecule has 0 aromatic heterocycles. The van der Waals surface area contributed by atoms with Crippen LogP contribution in [0.3, 0.4) is 0 Å². The molecule has 0 aromatic rings. The van der Waals surface area contributed by atoms with E-state index in [1.807, 2.05) is 11.0 Å². The van der Waals surface area contributed by atoms with Gasteiger partial charge in [0.05, 0.1) is 6.07 Å². The Morgan fingerprint density at radius 3 is 2.00 bits per heavy atom. The first-order valence-corrected chi connectivity index (χ1v) is 4.55. The zero-order valence-electron chi connectivity index (χ0n) is 8.42. The molecular weight excluding hydrogens is 200 g/mol. The molecule has 0 aliphatic rings. The predicted octanol–water partition coefficient (Wildman–Crippen LogP) is -0.452. The normalized spacial score (nSPS) is 9.33. The molecule has 6 heteroatoms. The minimum absolute atomic E-state index is 0.274. The fraction of sp³-hybridized carbons (Fsp3) is 0.667. The first-order valence-electron chi connectivity index (χ1n) is 4.55. The summed E-state index contributed by atoms with van der Waals surface area (Å²) in [5, 5.41) is 8.41. The fourth-order valence-electron chi connectivity index (χ4n) is 1.00. The molecular formula is C9H14N2O4. The van der Waals surface area contributed by atoms with Crippen LogP contribution in [-0.2, 0) is 19.1 Å². The van der Waals surface area contributed by atoms with Crippen LogP contribution >= 0.6 is 0 Å². The van der Waals surface area contributed by atoms with E-state index in [0.717, 1.165) is 0 Å². The van der Waals surface area contributed by atoms with Gasteiger partial charge in [-0.15, -0.1) is 0 Å². The van der Waals surface area contributed by atoms with Crippen molar-refractivity contribution < 1.29 is 19.1 Å². The Morgan fingerprint density at radius 1 is 1.07 bits per heavy atom. The Balaban J connectivity index is 3.67. The van der Waals surface area contributed by atoms with Gasteiger partial charge in [-0.2, -0.15) is 5.26 Å². The lowest BCUT2D eigenvalue weighted by molar-refractivity contribution is -0.129. The number of nitriles is 1. The molecule has 15 heavy (non-hydrogen) atoms. The minimum Gasteiger partial charge on any atom is -0.467 e. The maximum atomic E-state index is 9.90. The first kappa shape index (κ1) is 13.4. The van der Waals surface area contributed by atoms with E-state index in [1.54, 1.807) is 0 Å². The summed E-state index contributed by atoms with van der Waals surface area (Å²) in [6.07, 6.45) is 0.391. The van der Waals surface area contributed by atoms with Gasteiger partial charge in [0.2, 0.25) is 0 Å². The number of carbonyl (C=O) groups is 2. The average molecular weight is 214 g/mol. The molecule has 84 valence electrons. The third kappa shape index (κ3) is 8.71. The summed E-state index contributed by atoms with van der Waals surface area (Å²) < 4.78 is 9.07. The van der Waals surface area contributed by atoms with E-state index in [1.165, 1.54) is 0 Å². The Morgan fingerprint density at radius 2 is 1.60 bits per heavy atom. The van der Waals surface area contributed by atoms with Crippen molar-refractivity contribution in [3.8, 4) is 6.07 Å². The molecule has 0 aliphatic carbocycles. The van der Waals surface area contributed by atoms with Crippen LogP contribution in [-0.4, -0.2) is 50.7 Å². The number of rotatable bonds is 10. The van der Waals surface area contributed by atoms with Crippen molar-refractivity contribution >= 4 is 12.9 Å². The number of nitrogens with zero attached hydrogens (tertiary/aromatic N) is 2. The molecule has 6 nitrogen and oxygen atoms in total. The van der Waals surface area contributed by atoms with Crippen LogP contribution in [0.2, 0.25) is 0 Å². The van der Waals surface area contributed by atoms with E-state index in [0.29, 0.717) is 39.0 Å². The van der Waals surface area contributed by atoms with Gasteiger partial charge in [0.1, 0.15) is 13.2 Å².